The lowest BCUT2D eigenvalue weighted by atomic mass is 10.1. The van der Waals surface area contributed by atoms with Crippen molar-refractivity contribution in [1.82, 2.24) is 15.2 Å². The highest BCUT2D eigenvalue weighted by atomic mass is 35.5. The van der Waals surface area contributed by atoms with Crippen molar-refractivity contribution in [2.45, 2.75) is 7.43 Å². The van der Waals surface area contributed by atoms with Crippen LogP contribution in [0.25, 0.3) is 11.3 Å². The molecule has 0 spiro atoms. The fourth-order valence-electron chi connectivity index (χ4n) is 2.12. The average Bonchev–Trinajstić information content (AvgIpc) is 2.60. The SMILES string of the molecule is C.Nc1nc(NC(=O)c2cccc(Cl)c2Cl)nnc1-c1cccc(Cl)c1Cl. The van der Waals surface area contributed by atoms with E-state index in [1.165, 1.54) is 6.07 Å². The Labute approximate surface area is 175 Å². The molecular weight excluding hydrogens is 432 g/mol. The summed E-state index contributed by atoms with van der Waals surface area (Å²) < 4.78 is 0. The zero-order valence-corrected chi connectivity index (χ0v) is 15.8. The minimum atomic E-state index is -0.549. The summed E-state index contributed by atoms with van der Waals surface area (Å²) >= 11 is 24.1. The van der Waals surface area contributed by atoms with E-state index in [0.29, 0.717) is 10.6 Å². The molecule has 10 heteroatoms. The first-order chi connectivity index (χ1) is 12.4. The summed E-state index contributed by atoms with van der Waals surface area (Å²) in [5.41, 5.74) is 6.82. The van der Waals surface area contributed by atoms with Crippen LogP contribution in [0.15, 0.2) is 36.4 Å². The molecule has 1 amide bonds. The van der Waals surface area contributed by atoms with Crippen LogP contribution in [0.5, 0.6) is 0 Å². The summed E-state index contributed by atoms with van der Waals surface area (Å²) in [6.45, 7) is 0. The van der Waals surface area contributed by atoms with Crippen LogP contribution in [0.1, 0.15) is 17.8 Å². The maximum absolute atomic E-state index is 12.3. The molecule has 1 heterocycles. The molecule has 3 aromatic rings. The second kappa shape index (κ2) is 8.71. The summed E-state index contributed by atoms with van der Waals surface area (Å²) in [6, 6.07) is 9.69. The monoisotopic (exact) mass is 443 g/mol. The zero-order valence-electron chi connectivity index (χ0n) is 12.8. The fourth-order valence-corrected chi connectivity index (χ4v) is 2.89. The molecule has 0 radical (unpaired) electrons. The summed E-state index contributed by atoms with van der Waals surface area (Å²) in [4.78, 5) is 16.3. The van der Waals surface area contributed by atoms with Gasteiger partial charge in [0, 0.05) is 5.56 Å². The van der Waals surface area contributed by atoms with Gasteiger partial charge in [0.05, 0.1) is 25.7 Å². The maximum Gasteiger partial charge on any atom is 0.259 e. The molecule has 140 valence electrons. The van der Waals surface area contributed by atoms with Crippen LogP contribution in [-0.2, 0) is 0 Å². The van der Waals surface area contributed by atoms with Gasteiger partial charge < -0.3 is 5.73 Å². The number of hydrogen-bond donors (Lipinski definition) is 2. The van der Waals surface area contributed by atoms with Gasteiger partial charge in [0.25, 0.3) is 11.9 Å². The van der Waals surface area contributed by atoms with Crippen molar-refractivity contribution in [1.29, 1.82) is 0 Å². The first-order valence-electron chi connectivity index (χ1n) is 7.08. The third kappa shape index (κ3) is 4.42. The van der Waals surface area contributed by atoms with Crippen LogP contribution < -0.4 is 11.1 Å². The van der Waals surface area contributed by atoms with Gasteiger partial charge in [-0.3, -0.25) is 10.1 Å². The molecule has 0 aliphatic carbocycles. The van der Waals surface area contributed by atoms with Crippen molar-refractivity contribution >= 4 is 64.1 Å². The number of nitrogen functional groups attached to an aromatic ring is 1. The standard InChI is InChI=1S/C16H9Cl4N5O.CH4/c17-9-5-1-3-7(11(9)19)13-14(21)22-16(25-24-13)23-15(26)8-4-2-6-10(18)12(8)20;/h1-6H,(H3,21,22,23,25,26);1H4. The van der Waals surface area contributed by atoms with E-state index in [1.54, 1.807) is 30.3 Å². The lowest BCUT2D eigenvalue weighted by Gasteiger charge is -2.09. The molecule has 0 saturated heterocycles. The number of halogens is 4. The molecule has 0 fully saturated rings. The molecule has 2 aromatic carbocycles. The van der Waals surface area contributed by atoms with Crippen LogP contribution >= 0.6 is 46.4 Å². The Kier molecular flexibility index (Phi) is 6.84. The van der Waals surface area contributed by atoms with Gasteiger partial charge in [0.15, 0.2) is 5.82 Å². The topological polar surface area (TPSA) is 93.8 Å². The van der Waals surface area contributed by atoms with Crippen molar-refractivity contribution in [2.24, 2.45) is 0 Å². The van der Waals surface area contributed by atoms with Crippen LogP contribution in [0, 0.1) is 0 Å². The van der Waals surface area contributed by atoms with Gasteiger partial charge in [0.1, 0.15) is 5.69 Å². The molecule has 0 unspecified atom stereocenters. The van der Waals surface area contributed by atoms with Crippen LogP contribution in [-0.4, -0.2) is 21.1 Å². The predicted molar refractivity (Wildman–Crippen MR) is 111 cm³/mol. The average molecular weight is 445 g/mol. The lowest BCUT2D eigenvalue weighted by molar-refractivity contribution is 0.102. The Morgan fingerprint density at radius 2 is 1.56 bits per heavy atom. The van der Waals surface area contributed by atoms with Crippen molar-refractivity contribution in [3.05, 3.63) is 62.1 Å². The van der Waals surface area contributed by atoms with E-state index >= 15 is 0 Å². The summed E-state index contributed by atoms with van der Waals surface area (Å²) in [5, 5.41) is 11.3. The first kappa shape index (κ1) is 21.2. The van der Waals surface area contributed by atoms with Gasteiger partial charge in [-0.05, 0) is 18.2 Å². The normalized spacial score (nSPS) is 10.2. The number of rotatable bonds is 3. The number of aromatic nitrogens is 3. The van der Waals surface area contributed by atoms with Crippen LogP contribution in [0.2, 0.25) is 20.1 Å². The Balaban J connectivity index is 0.00000261. The highest BCUT2D eigenvalue weighted by Gasteiger charge is 2.17. The number of carbonyl (C=O) groups excluding carboxylic acids is 1. The third-order valence-corrected chi connectivity index (χ3v) is 4.98. The van der Waals surface area contributed by atoms with E-state index in [1.807, 2.05) is 0 Å². The molecule has 0 bridgehead atoms. The molecule has 3 N–H and O–H groups in total. The summed E-state index contributed by atoms with van der Waals surface area (Å²) in [6.07, 6.45) is 0. The molecule has 0 aliphatic rings. The van der Waals surface area contributed by atoms with Gasteiger partial charge in [-0.25, -0.2) is 0 Å². The molecule has 3 rings (SSSR count). The molecule has 0 atom stereocenters. The van der Waals surface area contributed by atoms with E-state index in [9.17, 15) is 4.79 Å². The van der Waals surface area contributed by atoms with E-state index in [0.717, 1.165) is 0 Å². The van der Waals surface area contributed by atoms with E-state index in [4.69, 9.17) is 52.1 Å². The van der Waals surface area contributed by atoms with E-state index in [-0.39, 0.29) is 45.5 Å². The largest absolute Gasteiger partial charge is 0.382 e. The van der Waals surface area contributed by atoms with Gasteiger partial charge in [-0.2, -0.15) is 4.98 Å². The second-order valence-corrected chi connectivity index (χ2v) is 6.60. The van der Waals surface area contributed by atoms with Gasteiger partial charge in [-0.15, -0.1) is 10.2 Å². The van der Waals surface area contributed by atoms with Crippen LogP contribution in [0.3, 0.4) is 0 Å². The molecule has 0 saturated carbocycles. The minimum absolute atomic E-state index is 0. The summed E-state index contributed by atoms with van der Waals surface area (Å²) in [5.74, 6) is -0.616. The Morgan fingerprint density at radius 1 is 0.926 bits per heavy atom. The van der Waals surface area contributed by atoms with Gasteiger partial charge in [-0.1, -0.05) is 72.0 Å². The summed E-state index contributed by atoms with van der Waals surface area (Å²) in [7, 11) is 0. The van der Waals surface area contributed by atoms with Crippen molar-refractivity contribution in [3.63, 3.8) is 0 Å². The number of amides is 1. The lowest BCUT2D eigenvalue weighted by Crippen LogP contribution is -2.16. The van der Waals surface area contributed by atoms with Crippen molar-refractivity contribution in [2.75, 3.05) is 11.1 Å². The predicted octanol–water partition coefficient (Wildman–Crippen LogP) is 5.62. The van der Waals surface area contributed by atoms with Gasteiger partial charge in [0.2, 0.25) is 0 Å². The quantitative estimate of drug-likeness (QED) is 0.546. The van der Waals surface area contributed by atoms with E-state index in [2.05, 4.69) is 20.5 Å². The first-order valence-corrected chi connectivity index (χ1v) is 8.59. The van der Waals surface area contributed by atoms with E-state index < -0.39 is 5.91 Å². The number of hydrogen-bond acceptors (Lipinski definition) is 5. The number of nitrogens with zero attached hydrogens (tertiary/aromatic N) is 3. The number of nitrogens with one attached hydrogen (secondary N) is 1. The highest BCUT2D eigenvalue weighted by molar-refractivity contribution is 6.44. The number of benzene rings is 2. The Bertz CT molecular complexity index is 1010. The second-order valence-electron chi connectivity index (χ2n) is 5.03. The fraction of sp³-hybridized carbons (Fsp3) is 0.0588. The zero-order chi connectivity index (χ0) is 18.8. The van der Waals surface area contributed by atoms with Crippen molar-refractivity contribution < 1.29 is 4.79 Å². The van der Waals surface area contributed by atoms with Gasteiger partial charge >= 0.3 is 0 Å². The smallest absolute Gasteiger partial charge is 0.259 e. The van der Waals surface area contributed by atoms with Crippen LogP contribution in [0.4, 0.5) is 11.8 Å². The number of anilines is 2. The molecule has 6 nitrogen and oxygen atoms in total. The molecule has 27 heavy (non-hydrogen) atoms. The minimum Gasteiger partial charge on any atom is -0.382 e. The Morgan fingerprint density at radius 3 is 2.22 bits per heavy atom. The van der Waals surface area contributed by atoms with Crippen molar-refractivity contribution in [3.8, 4) is 11.3 Å². The number of carbonyl (C=O) groups is 1. The third-order valence-electron chi connectivity index (χ3n) is 3.34. The number of nitrogens with two attached hydrogens (primary N) is 1. The maximum atomic E-state index is 12.3. The Hall–Kier alpha value is -2.12. The highest BCUT2D eigenvalue weighted by Crippen LogP contribution is 2.34. The molecule has 1 aromatic heterocycles. The molecular formula is C17H13Cl4N5O. The molecule has 0 aliphatic heterocycles.